The van der Waals surface area contributed by atoms with Gasteiger partial charge in [0.2, 0.25) is 11.8 Å². The van der Waals surface area contributed by atoms with Gasteiger partial charge in [-0.25, -0.2) is 4.98 Å². The van der Waals surface area contributed by atoms with Crippen LogP contribution < -0.4 is 15.0 Å². The Morgan fingerprint density at radius 1 is 1.24 bits per heavy atom. The Balaban J connectivity index is 1.44. The maximum atomic E-state index is 12.7. The number of nitrogens with one attached hydrogen (secondary N) is 1. The third kappa shape index (κ3) is 4.53. The van der Waals surface area contributed by atoms with Gasteiger partial charge >= 0.3 is 0 Å². The average molecular weight is 414 g/mol. The number of aromatic nitrogens is 1. The second-order valence-corrected chi connectivity index (χ2v) is 7.90. The van der Waals surface area contributed by atoms with Crippen LogP contribution in [0.1, 0.15) is 54.4 Å². The van der Waals surface area contributed by atoms with Crippen LogP contribution in [0.4, 0.5) is 5.69 Å². The van der Waals surface area contributed by atoms with Crippen molar-refractivity contribution in [3.8, 4) is 5.88 Å². The van der Waals surface area contributed by atoms with Crippen LogP contribution in [0, 0.1) is 0 Å². The van der Waals surface area contributed by atoms with Gasteiger partial charge in [-0.1, -0.05) is 17.7 Å². The Labute approximate surface area is 175 Å². The summed E-state index contributed by atoms with van der Waals surface area (Å²) < 4.78 is 6.03. The van der Waals surface area contributed by atoms with Gasteiger partial charge in [0, 0.05) is 36.8 Å². The van der Waals surface area contributed by atoms with E-state index in [1.165, 1.54) is 12.8 Å². The summed E-state index contributed by atoms with van der Waals surface area (Å²) in [7, 11) is 0. The molecule has 2 heterocycles. The molecule has 2 aromatic rings. The number of halogens is 1. The molecule has 1 aromatic heterocycles. The highest BCUT2D eigenvalue weighted by molar-refractivity contribution is 6.34. The van der Waals surface area contributed by atoms with Crippen molar-refractivity contribution in [3.63, 3.8) is 0 Å². The minimum atomic E-state index is -0.231. The van der Waals surface area contributed by atoms with E-state index >= 15 is 0 Å². The SMILES string of the molecule is O=C(NCc1cccnc1OC1CCCC1)c1ccc(Cl)c(N2CCCC2=O)c1. The maximum Gasteiger partial charge on any atom is 0.251 e. The zero-order chi connectivity index (χ0) is 20.2. The summed E-state index contributed by atoms with van der Waals surface area (Å²) >= 11 is 6.27. The molecule has 2 fully saturated rings. The minimum Gasteiger partial charge on any atom is -0.474 e. The number of ether oxygens (including phenoxy) is 1. The number of carbonyl (C=O) groups is 2. The van der Waals surface area contributed by atoms with Crippen molar-refractivity contribution in [2.45, 2.75) is 51.2 Å². The quantitative estimate of drug-likeness (QED) is 0.773. The highest BCUT2D eigenvalue weighted by Gasteiger charge is 2.24. The number of anilines is 1. The lowest BCUT2D eigenvalue weighted by Gasteiger charge is -2.18. The summed E-state index contributed by atoms with van der Waals surface area (Å²) in [6.45, 7) is 0.941. The molecule has 1 saturated carbocycles. The first kappa shape index (κ1) is 19.7. The van der Waals surface area contributed by atoms with Crippen molar-refractivity contribution >= 4 is 29.1 Å². The van der Waals surface area contributed by atoms with Crippen LogP contribution in [-0.4, -0.2) is 29.4 Å². The van der Waals surface area contributed by atoms with Gasteiger partial charge < -0.3 is 15.0 Å². The second-order valence-electron chi connectivity index (χ2n) is 7.49. The number of pyridine rings is 1. The highest BCUT2D eigenvalue weighted by Crippen LogP contribution is 2.30. The lowest BCUT2D eigenvalue weighted by Crippen LogP contribution is -2.26. The van der Waals surface area contributed by atoms with Gasteiger partial charge in [0.25, 0.3) is 5.91 Å². The van der Waals surface area contributed by atoms with Crippen LogP contribution in [0.3, 0.4) is 0 Å². The number of carbonyl (C=O) groups excluding carboxylic acids is 2. The van der Waals surface area contributed by atoms with Crippen LogP contribution in [-0.2, 0) is 11.3 Å². The predicted octanol–water partition coefficient (Wildman–Crippen LogP) is 4.11. The van der Waals surface area contributed by atoms with Crippen LogP contribution in [0.15, 0.2) is 36.5 Å². The second kappa shape index (κ2) is 8.82. The molecular formula is C22H24ClN3O3. The van der Waals surface area contributed by atoms with Crippen molar-refractivity contribution in [2.75, 3.05) is 11.4 Å². The van der Waals surface area contributed by atoms with E-state index in [2.05, 4.69) is 10.3 Å². The molecule has 1 saturated heterocycles. The van der Waals surface area contributed by atoms with Crippen molar-refractivity contribution in [1.29, 1.82) is 0 Å². The molecule has 29 heavy (non-hydrogen) atoms. The van der Waals surface area contributed by atoms with E-state index < -0.39 is 0 Å². The van der Waals surface area contributed by atoms with E-state index in [0.29, 0.717) is 41.7 Å². The van der Waals surface area contributed by atoms with Gasteiger partial charge in [-0.05, 0) is 56.4 Å². The number of rotatable bonds is 6. The van der Waals surface area contributed by atoms with Gasteiger partial charge in [-0.2, -0.15) is 0 Å². The van der Waals surface area contributed by atoms with E-state index in [0.717, 1.165) is 24.8 Å². The fourth-order valence-corrected chi connectivity index (χ4v) is 4.09. The van der Waals surface area contributed by atoms with E-state index in [1.54, 1.807) is 29.3 Å². The first-order chi connectivity index (χ1) is 14.1. The Morgan fingerprint density at radius 3 is 2.83 bits per heavy atom. The molecule has 1 aliphatic carbocycles. The molecule has 6 nitrogen and oxygen atoms in total. The fourth-order valence-electron chi connectivity index (χ4n) is 3.87. The van der Waals surface area contributed by atoms with Gasteiger partial charge in [0.15, 0.2) is 0 Å². The van der Waals surface area contributed by atoms with Gasteiger partial charge in [0.05, 0.1) is 10.7 Å². The molecule has 0 unspecified atom stereocenters. The fraction of sp³-hybridized carbons (Fsp3) is 0.409. The van der Waals surface area contributed by atoms with E-state index in [4.69, 9.17) is 16.3 Å². The third-order valence-corrected chi connectivity index (χ3v) is 5.76. The van der Waals surface area contributed by atoms with Gasteiger partial charge in [0.1, 0.15) is 6.10 Å². The Morgan fingerprint density at radius 2 is 2.07 bits per heavy atom. The molecule has 0 radical (unpaired) electrons. The summed E-state index contributed by atoms with van der Waals surface area (Å²) in [5.41, 5.74) is 1.90. The maximum absolute atomic E-state index is 12.7. The normalized spacial score (nSPS) is 17.0. The standard InChI is InChI=1S/C22H24ClN3O3/c23-18-10-9-15(13-19(18)26-12-4-8-20(26)27)21(28)25-14-16-5-3-11-24-22(16)29-17-6-1-2-7-17/h3,5,9-11,13,17H,1-2,4,6-8,12,14H2,(H,25,28). The number of amides is 2. The number of hydrogen-bond acceptors (Lipinski definition) is 4. The molecule has 7 heteroatoms. The molecule has 1 aromatic carbocycles. The summed E-state index contributed by atoms with van der Waals surface area (Å²) in [4.78, 5) is 30.7. The summed E-state index contributed by atoms with van der Waals surface area (Å²) in [5, 5.41) is 3.39. The minimum absolute atomic E-state index is 0.0357. The molecule has 0 bridgehead atoms. The van der Waals surface area contributed by atoms with Crippen molar-refractivity contribution in [1.82, 2.24) is 10.3 Å². The molecule has 0 atom stereocenters. The Kier molecular flexibility index (Phi) is 6.00. The topological polar surface area (TPSA) is 71.5 Å². The molecule has 2 amide bonds. The number of hydrogen-bond donors (Lipinski definition) is 1. The molecule has 2 aliphatic rings. The van der Waals surface area contributed by atoms with Gasteiger partial charge in [-0.3, -0.25) is 9.59 Å². The lowest BCUT2D eigenvalue weighted by atomic mass is 10.1. The van der Waals surface area contributed by atoms with Crippen LogP contribution in [0.2, 0.25) is 5.02 Å². The van der Waals surface area contributed by atoms with E-state index in [1.807, 2.05) is 12.1 Å². The molecular weight excluding hydrogens is 390 g/mol. The van der Waals surface area contributed by atoms with Crippen molar-refractivity contribution in [3.05, 3.63) is 52.7 Å². The van der Waals surface area contributed by atoms with Crippen LogP contribution in [0.5, 0.6) is 5.88 Å². The Hall–Kier alpha value is -2.60. The third-order valence-electron chi connectivity index (χ3n) is 5.44. The number of nitrogens with zero attached hydrogens (tertiary/aromatic N) is 2. The summed E-state index contributed by atoms with van der Waals surface area (Å²) in [6, 6.07) is 8.76. The zero-order valence-electron chi connectivity index (χ0n) is 16.2. The largest absolute Gasteiger partial charge is 0.474 e. The molecule has 0 spiro atoms. The van der Waals surface area contributed by atoms with Gasteiger partial charge in [-0.15, -0.1) is 0 Å². The summed E-state index contributed by atoms with van der Waals surface area (Å²) in [6.07, 6.45) is 7.68. The van der Waals surface area contributed by atoms with E-state index in [-0.39, 0.29) is 17.9 Å². The smallest absolute Gasteiger partial charge is 0.251 e. The first-order valence-corrected chi connectivity index (χ1v) is 10.5. The number of benzene rings is 1. The van der Waals surface area contributed by atoms with Crippen LogP contribution >= 0.6 is 11.6 Å². The van der Waals surface area contributed by atoms with Crippen molar-refractivity contribution < 1.29 is 14.3 Å². The van der Waals surface area contributed by atoms with E-state index in [9.17, 15) is 9.59 Å². The monoisotopic (exact) mass is 413 g/mol. The first-order valence-electron chi connectivity index (χ1n) is 10.1. The zero-order valence-corrected chi connectivity index (χ0v) is 17.0. The lowest BCUT2D eigenvalue weighted by molar-refractivity contribution is -0.117. The molecule has 1 aliphatic heterocycles. The van der Waals surface area contributed by atoms with Crippen molar-refractivity contribution in [2.24, 2.45) is 0 Å². The summed E-state index contributed by atoms with van der Waals surface area (Å²) in [5.74, 6) is 0.387. The predicted molar refractivity (Wildman–Crippen MR) is 111 cm³/mol. The molecule has 152 valence electrons. The highest BCUT2D eigenvalue weighted by atomic mass is 35.5. The Bertz CT molecular complexity index is 912. The molecule has 1 N–H and O–H groups in total. The molecule has 4 rings (SSSR count). The van der Waals surface area contributed by atoms with Crippen LogP contribution in [0.25, 0.3) is 0 Å². The average Bonchev–Trinajstić information content (AvgIpc) is 3.39.